The van der Waals surface area contributed by atoms with E-state index in [2.05, 4.69) is 25.2 Å². The van der Waals surface area contributed by atoms with Gasteiger partial charge in [0.1, 0.15) is 5.75 Å². The summed E-state index contributed by atoms with van der Waals surface area (Å²) in [6.45, 7) is -0.759. The van der Waals surface area contributed by atoms with Crippen molar-refractivity contribution in [3.05, 3.63) is 48.5 Å². The minimum Gasteiger partial charge on any atom is -0.435 e. The minimum atomic E-state index is -2.89. The number of alkyl halides is 2. The quantitative estimate of drug-likeness (QED) is 0.359. The van der Waals surface area contributed by atoms with Crippen LogP contribution < -0.4 is 20.8 Å². The van der Waals surface area contributed by atoms with Crippen molar-refractivity contribution in [2.75, 3.05) is 34.9 Å². The Bertz CT molecular complexity index is 1080. The van der Waals surface area contributed by atoms with E-state index in [4.69, 9.17) is 5.84 Å². The van der Waals surface area contributed by atoms with Crippen molar-refractivity contribution in [1.29, 1.82) is 0 Å². The highest BCUT2D eigenvalue weighted by Gasteiger charge is 2.15. The predicted octanol–water partition coefficient (Wildman–Crippen LogP) is 4.37. The highest BCUT2D eigenvalue weighted by Crippen LogP contribution is 2.25. The molecule has 0 spiro atoms. The van der Waals surface area contributed by atoms with Gasteiger partial charge in [0.05, 0.1) is 5.75 Å². The first kappa shape index (κ1) is 23.8. The number of hydrogen-bond acceptors (Lipinski definition) is 7. The Balaban J connectivity index is 1.30. The summed E-state index contributed by atoms with van der Waals surface area (Å²) in [7, 11) is 0. The van der Waals surface area contributed by atoms with E-state index >= 15 is 0 Å². The Hall–Kier alpha value is -3.34. The van der Waals surface area contributed by atoms with Gasteiger partial charge in [-0.3, -0.25) is 4.79 Å². The van der Waals surface area contributed by atoms with Crippen molar-refractivity contribution in [3.8, 4) is 17.1 Å². The van der Waals surface area contributed by atoms with Gasteiger partial charge < -0.3 is 20.8 Å². The molecule has 0 saturated carbocycles. The number of nitrogens with zero attached hydrogens (tertiary/aromatic N) is 4. The van der Waals surface area contributed by atoms with Crippen LogP contribution in [0.2, 0.25) is 0 Å². The number of benzene rings is 2. The Labute approximate surface area is 200 Å². The first-order valence-electron chi connectivity index (χ1n) is 11.0. The zero-order valence-corrected chi connectivity index (χ0v) is 19.3. The molecule has 3 N–H and O–H groups in total. The SMILES string of the molecule is Nn1c(SCC(=O)Nc2ccc(N3CCCCCC3)cc2)nnc1-c1ccc(OC(F)F)cc1. The second kappa shape index (κ2) is 11.2. The van der Waals surface area contributed by atoms with Crippen LogP contribution in [0.15, 0.2) is 53.7 Å². The maximum Gasteiger partial charge on any atom is 0.387 e. The molecule has 1 aliphatic rings. The summed E-state index contributed by atoms with van der Waals surface area (Å²) < 4.78 is 30.2. The number of hydrogen-bond donors (Lipinski definition) is 2. The lowest BCUT2D eigenvalue weighted by atomic mass is 10.2. The average molecular weight is 489 g/mol. The molecular formula is C23H26F2N6O2S. The summed E-state index contributed by atoms with van der Waals surface area (Å²) >= 11 is 1.15. The summed E-state index contributed by atoms with van der Waals surface area (Å²) in [5, 5.41) is 11.3. The molecule has 0 unspecified atom stereocenters. The van der Waals surface area contributed by atoms with Gasteiger partial charge in [0.15, 0.2) is 5.82 Å². The van der Waals surface area contributed by atoms with Crippen molar-refractivity contribution >= 4 is 29.0 Å². The van der Waals surface area contributed by atoms with Crippen LogP contribution in [0.1, 0.15) is 25.7 Å². The maximum absolute atomic E-state index is 12.4. The molecule has 1 saturated heterocycles. The number of carbonyl (C=O) groups excluding carboxylic acids is 1. The monoisotopic (exact) mass is 488 g/mol. The molecule has 3 aromatic rings. The van der Waals surface area contributed by atoms with Gasteiger partial charge in [0.2, 0.25) is 11.1 Å². The number of nitrogens with two attached hydrogens (primary N) is 1. The van der Waals surface area contributed by atoms with Crippen LogP contribution in [0.5, 0.6) is 5.75 Å². The van der Waals surface area contributed by atoms with Crippen LogP contribution >= 0.6 is 11.8 Å². The van der Waals surface area contributed by atoms with E-state index < -0.39 is 6.61 Å². The Morgan fingerprint density at radius 3 is 2.35 bits per heavy atom. The van der Waals surface area contributed by atoms with E-state index in [0.29, 0.717) is 16.5 Å². The topological polar surface area (TPSA) is 98.3 Å². The second-order valence-electron chi connectivity index (χ2n) is 7.86. The van der Waals surface area contributed by atoms with Gasteiger partial charge in [-0.25, -0.2) is 4.68 Å². The Kier molecular flexibility index (Phi) is 7.84. The molecule has 2 aromatic carbocycles. The second-order valence-corrected chi connectivity index (χ2v) is 8.81. The zero-order valence-electron chi connectivity index (χ0n) is 18.5. The summed E-state index contributed by atoms with van der Waals surface area (Å²) in [4.78, 5) is 14.8. The predicted molar refractivity (Wildman–Crippen MR) is 129 cm³/mol. The molecule has 0 bridgehead atoms. The molecule has 11 heteroatoms. The van der Waals surface area contributed by atoms with Crippen LogP contribution in [-0.2, 0) is 4.79 Å². The number of carbonyl (C=O) groups is 1. The van der Waals surface area contributed by atoms with Crippen LogP contribution in [-0.4, -0.2) is 46.2 Å². The number of rotatable bonds is 8. The molecule has 1 aliphatic heterocycles. The van der Waals surface area contributed by atoms with Gasteiger partial charge in [-0.2, -0.15) is 8.78 Å². The largest absolute Gasteiger partial charge is 0.435 e. The van der Waals surface area contributed by atoms with Crippen LogP contribution in [0.25, 0.3) is 11.4 Å². The summed E-state index contributed by atoms with van der Waals surface area (Å²) in [5.41, 5.74) is 2.48. The van der Waals surface area contributed by atoms with E-state index in [-0.39, 0.29) is 17.4 Å². The molecule has 8 nitrogen and oxygen atoms in total. The average Bonchev–Trinajstić information content (AvgIpc) is 3.01. The van der Waals surface area contributed by atoms with Crippen molar-refractivity contribution in [2.45, 2.75) is 37.5 Å². The van der Waals surface area contributed by atoms with Gasteiger partial charge >= 0.3 is 6.61 Å². The number of thioether (sulfide) groups is 1. The number of anilines is 2. The number of amides is 1. The first-order valence-corrected chi connectivity index (χ1v) is 12.0. The smallest absolute Gasteiger partial charge is 0.387 e. The van der Waals surface area contributed by atoms with Gasteiger partial charge in [-0.05, 0) is 61.4 Å². The molecule has 0 radical (unpaired) electrons. The standard InChI is InChI=1S/C23H26F2N6O2S/c24-22(25)33-19-11-5-16(6-12-19)21-28-29-23(31(21)26)34-15-20(32)27-17-7-9-18(10-8-17)30-13-3-1-2-4-14-30/h5-12,22H,1-4,13-15,26H2,(H,27,32). The van der Waals surface area contributed by atoms with E-state index in [1.54, 1.807) is 12.1 Å². The first-order chi connectivity index (χ1) is 16.5. The van der Waals surface area contributed by atoms with Crippen molar-refractivity contribution in [2.24, 2.45) is 0 Å². The molecule has 0 atom stereocenters. The summed E-state index contributed by atoms with van der Waals surface area (Å²) in [5.74, 6) is 6.36. The van der Waals surface area contributed by atoms with E-state index in [0.717, 1.165) is 30.5 Å². The number of nitrogen functional groups attached to an aromatic ring is 1. The van der Waals surface area contributed by atoms with Gasteiger partial charge in [-0.15, -0.1) is 10.2 Å². The number of ether oxygens (including phenoxy) is 1. The number of nitrogens with one attached hydrogen (secondary N) is 1. The fraction of sp³-hybridized carbons (Fsp3) is 0.348. The van der Waals surface area contributed by atoms with Crippen LogP contribution in [0.4, 0.5) is 20.2 Å². The fourth-order valence-corrected chi connectivity index (χ4v) is 4.43. The van der Waals surface area contributed by atoms with E-state index in [9.17, 15) is 13.6 Å². The van der Waals surface area contributed by atoms with Crippen molar-refractivity contribution in [1.82, 2.24) is 14.9 Å². The zero-order chi connectivity index (χ0) is 23.9. The molecule has 1 fully saturated rings. The molecule has 0 aliphatic carbocycles. The lowest BCUT2D eigenvalue weighted by Gasteiger charge is -2.22. The van der Waals surface area contributed by atoms with Crippen molar-refractivity contribution in [3.63, 3.8) is 0 Å². The van der Waals surface area contributed by atoms with E-state index in [1.807, 2.05) is 24.3 Å². The highest BCUT2D eigenvalue weighted by molar-refractivity contribution is 7.99. The lowest BCUT2D eigenvalue weighted by molar-refractivity contribution is -0.113. The third kappa shape index (κ3) is 6.16. The third-order valence-corrected chi connectivity index (χ3v) is 6.40. The van der Waals surface area contributed by atoms with Gasteiger partial charge in [-0.1, -0.05) is 24.6 Å². The van der Waals surface area contributed by atoms with Crippen LogP contribution in [0, 0.1) is 0 Å². The molecule has 2 heterocycles. The van der Waals surface area contributed by atoms with Crippen LogP contribution in [0.3, 0.4) is 0 Å². The number of halogens is 2. The highest BCUT2D eigenvalue weighted by atomic mass is 32.2. The van der Waals surface area contributed by atoms with Crippen molar-refractivity contribution < 1.29 is 18.3 Å². The fourth-order valence-electron chi connectivity index (χ4n) is 3.77. The molecular weight excluding hydrogens is 462 g/mol. The molecule has 34 heavy (non-hydrogen) atoms. The normalized spacial score (nSPS) is 14.1. The summed E-state index contributed by atoms with van der Waals surface area (Å²) in [6.07, 6.45) is 4.98. The minimum absolute atomic E-state index is 0.0348. The van der Waals surface area contributed by atoms with Gasteiger partial charge in [0.25, 0.3) is 0 Å². The number of aromatic nitrogens is 3. The molecule has 4 rings (SSSR count). The third-order valence-electron chi connectivity index (χ3n) is 5.46. The van der Waals surface area contributed by atoms with Gasteiger partial charge in [0, 0.05) is 30.0 Å². The van der Waals surface area contributed by atoms with E-state index in [1.165, 1.54) is 48.2 Å². The Morgan fingerprint density at radius 1 is 1.03 bits per heavy atom. The maximum atomic E-state index is 12.4. The Morgan fingerprint density at radius 2 is 1.71 bits per heavy atom. The molecule has 1 amide bonds. The molecule has 1 aromatic heterocycles. The molecule has 180 valence electrons. The summed E-state index contributed by atoms with van der Waals surface area (Å²) in [6, 6.07) is 13.8. The lowest BCUT2D eigenvalue weighted by Crippen LogP contribution is -2.23.